The van der Waals surface area contributed by atoms with Gasteiger partial charge in [-0.15, -0.1) is 0 Å². The summed E-state index contributed by atoms with van der Waals surface area (Å²) < 4.78 is 7.81. The Kier molecular flexibility index (Phi) is 5.18. The average Bonchev–Trinajstić information content (AvgIpc) is 3.12. The fourth-order valence-corrected chi connectivity index (χ4v) is 4.79. The summed E-state index contributed by atoms with van der Waals surface area (Å²) in [6, 6.07) is 10.9. The Bertz CT molecular complexity index is 773. The number of hydrogen-bond donors (Lipinski definition) is 0. The smallest absolute Gasteiger partial charge is 0.158 e. The topological polar surface area (TPSA) is 44.1 Å². The van der Waals surface area contributed by atoms with Crippen molar-refractivity contribution < 1.29 is 9.53 Å². The maximum absolute atomic E-state index is 11.5. The van der Waals surface area contributed by atoms with Crippen LogP contribution in [0.15, 0.2) is 36.5 Å². The maximum atomic E-state index is 11.5. The van der Waals surface area contributed by atoms with Crippen LogP contribution in [-0.4, -0.2) is 27.8 Å². The second-order valence-corrected chi connectivity index (χ2v) is 8.60. The van der Waals surface area contributed by atoms with Crippen molar-refractivity contribution in [3.8, 4) is 11.3 Å². The Morgan fingerprint density at radius 2 is 1.93 bits per heavy atom. The number of aryl methyl sites for hydroxylation is 1. The van der Waals surface area contributed by atoms with Crippen LogP contribution in [0.3, 0.4) is 0 Å². The Morgan fingerprint density at radius 1 is 1.19 bits per heavy atom. The molecular weight excluding hydrogens is 336 g/mol. The maximum Gasteiger partial charge on any atom is 0.158 e. The van der Waals surface area contributed by atoms with E-state index < -0.39 is 0 Å². The standard InChI is InChI=1S/C23H30N2O2/c1-17(19-7-11-23(12-8-19)13-9-21(26)16-27-23)15-18-3-5-20(6-4-18)22-10-14-25(2)24-22/h3-6,10,14,17,19H,7-9,11-13,15-16H2,1-2H3. The van der Waals surface area contributed by atoms with Gasteiger partial charge in [-0.05, 0) is 62.0 Å². The first-order chi connectivity index (χ1) is 13.0. The van der Waals surface area contributed by atoms with Gasteiger partial charge in [-0.3, -0.25) is 9.48 Å². The van der Waals surface area contributed by atoms with Gasteiger partial charge in [-0.2, -0.15) is 5.10 Å². The molecule has 2 aliphatic rings. The largest absolute Gasteiger partial charge is 0.367 e. The number of ether oxygens (including phenoxy) is 1. The molecule has 1 saturated carbocycles. The minimum absolute atomic E-state index is 0.00839. The van der Waals surface area contributed by atoms with Crippen molar-refractivity contribution >= 4 is 5.78 Å². The van der Waals surface area contributed by atoms with E-state index in [4.69, 9.17) is 4.74 Å². The molecule has 1 saturated heterocycles. The van der Waals surface area contributed by atoms with Crippen LogP contribution >= 0.6 is 0 Å². The van der Waals surface area contributed by atoms with Gasteiger partial charge in [-0.25, -0.2) is 0 Å². The van der Waals surface area contributed by atoms with E-state index in [9.17, 15) is 4.79 Å². The highest BCUT2D eigenvalue weighted by atomic mass is 16.5. The SMILES string of the molecule is CC(Cc1ccc(-c2ccn(C)n2)cc1)C1CCC2(CCC(=O)CO2)CC1. The van der Waals surface area contributed by atoms with Gasteiger partial charge in [0.05, 0.1) is 11.3 Å². The number of Topliss-reactive ketones (excluding diaryl/α,β-unsaturated/α-hetero) is 1. The van der Waals surface area contributed by atoms with Gasteiger partial charge < -0.3 is 4.74 Å². The Balaban J connectivity index is 1.32. The summed E-state index contributed by atoms with van der Waals surface area (Å²) >= 11 is 0. The molecule has 2 fully saturated rings. The van der Waals surface area contributed by atoms with Gasteiger partial charge in [0.1, 0.15) is 6.61 Å². The number of rotatable bonds is 4. The lowest BCUT2D eigenvalue weighted by Gasteiger charge is -2.43. The molecule has 0 radical (unpaired) electrons. The fraction of sp³-hybridized carbons (Fsp3) is 0.565. The van der Waals surface area contributed by atoms with Crippen molar-refractivity contribution in [2.45, 2.75) is 57.5 Å². The summed E-state index contributed by atoms with van der Waals surface area (Å²) in [7, 11) is 1.95. The van der Waals surface area contributed by atoms with Gasteiger partial charge >= 0.3 is 0 Å². The number of nitrogens with zero attached hydrogens (tertiary/aromatic N) is 2. The highest BCUT2D eigenvalue weighted by molar-refractivity contribution is 5.80. The molecule has 2 heterocycles. The molecule has 2 aromatic rings. The molecule has 1 unspecified atom stereocenters. The third-order valence-corrected chi connectivity index (χ3v) is 6.67. The first-order valence-electron chi connectivity index (χ1n) is 10.3. The summed E-state index contributed by atoms with van der Waals surface area (Å²) in [5.74, 6) is 1.70. The molecule has 1 aliphatic carbocycles. The predicted molar refractivity (Wildman–Crippen MR) is 106 cm³/mol. The number of carbonyl (C=O) groups is 1. The molecule has 144 valence electrons. The number of ketones is 1. The lowest BCUT2D eigenvalue weighted by atomic mass is 9.70. The number of hydrogen-bond acceptors (Lipinski definition) is 3. The fourth-order valence-electron chi connectivity index (χ4n) is 4.79. The van der Waals surface area contributed by atoms with E-state index >= 15 is 0 Å². The van der Waals surface area contributed by atoms with Crippen molar-refractivity contribution in [1.82, 2.24) is 9.78 Å². The monoisotopic (exact) mass is 366 g/mol. The molecular formula is C23H30N2O2. The van der Waals surface area contributed by atoms with Crippen molar-refractivity contribution in [1.29, 1.82) is 0 Å². The van der Waals surface area contributed by atoms with E-state index in [1.165, 1.54) is 24.0 Å². The molecule has 4 heteroatoms. The van der Waals surface area contributed by atoms with Crippen LogP contribution in [-0.2, 0) is 23.0 Å². The Labute approximate surface area is 161 Å². The third kappa shape index (κ3) is 4.16. The number of benzene rings is 1. The Morgan fingerprint density at radius 3 is 2.52 bits per heavy atom. The average molecular weight is 367 g/mol. The van der Waals surface area contributed by atoms with Crippen molar-refractivity contribution in [2.24, 2.45) is 18.9 Å². The lowest BCUT2D eigenvalue weighted by Crippen LogP contribution is -2.43. The van der Waals surface area contributed by atoms with E-state index in [0.717, 1.165) is 37.3 Å². The molecule has 1 spiro atoms. The van der Waals surface area contributed by atoms with Crippen LogP contribution in [0.4, 0.5) is 0 Å². The molecule has 0 amide bonds. The van der Waals surface area contributed by atoms with Crippen LogP contribution < -0.4 is 0 Å². The van der Waals surface area contributed by atoms with Gasteiger partial charge in [0, 0.05) is 25.2 Å². The first kappa shape index (κ1) is 18.4. The van der Waals surface area contributed by atoms with Gasteiger partial charge in [0.2, 0.25) is 0 Å². The zero-order valence-corrected chi connectivity index (χ0v) is 16.5. The molecule has 0 N–H and O–H groups in total. The molecule has 4 rings (SSSR count). The number of carbonyl (C=O) groups excluding carboxylic acids is 1. The van der Waals surface area contributed by atoms with E-state index in [2.05, 4.69) is 42.4 Å². The summed E-state index contributed by atoms with van der Waals surface area (Å²) in [6.45, 7) is 2.73. The summed E-state index contributed by atoms with van der Waals surface area (Å²) in [4.78, 5) is 11.5. The number of aromatic nitrogens is 2. The van der Waals surface area contributed by atoms with Crippen LogP contribution in [0, 0.1) is 11.8 Å². The van der Waals surface area contributed by atoms with Gasteiger partial charge in [0.15, 0.2) is 5.78 Å². The van der Waals surface area contributed by atoms with Crippen molar-refractivity contribution in [3.05, 3.63) is 42.1 Å². The van der Waals surface area contributed by atoms with Crippen LogP contribution in [0.5, 0.6) is 0 Å². The summed E-state index contributed by atoms with van der Waals surface area (Å²) in [5.41, 5.74) is 3.62. The highest BCUT2D eigenvalue weighted by Crippen LogP contribution is 2.42. The Hall–Kier alpha value is -1.94. The van der Waals surface area contributed by atoms with Crippen molar-refractivity contribution in [3.63, 3.8) is 0 Å². The van der Waals surface area contributed by atoms with Gasteiger partial charge in [0.25, 0.3) is 0 Å². The van der Waals surface area contributed by atoms with E-state index in [0.29, 0.717) is 18.9 Å². The quantitative estimate of drug-likeness (QED) is 0.796. The molecule has 1 aromatic heterocycles. The predicted octanol–water partition coefficient (Wildman–Crippen LogP) is 4.57. The summed E-state index contributed by atoms with van der Waals surface area (Å²) in [5, 5.41) is 4.47. The van der Waals surface area contributed by atoms with Gasteiger partial charge in [-0.1, -0.05) is 31.2 Å². The van der Waals surface area contributed by atoms with Crippen LogP contribution in [0.1, 0.15) is 51.0 Å². The molecule has 0 bridgehead atoms. The third-order valence-electron chi connectivity index (χ3n) is 6.67. The second kappa shape index (κ2) is 7.59. The van der Waals surface area contributed by atoms with Crippen LogP contribution in [0.2, 0.25) is 0 Å². The van der Waals surface area contributed by atoms with E-state index in [1.54, 1.807) is 0 Å². The molecule has 27 heavy (non-hydrogen) atoms. The van der Waals surface area contributed by atoms with Crippen LogP contribution in [0.25, 0.3) is 11.3 Å². The molecule has 4 nitrogen and oxygen atoms in total. The second-order valence-electron chi connectivity index (χ2n) is 8.60. The van der Waals surface area contributed by atoms with Crippen molar-refractivity contribution in [2.75, 3.05) is 6.61 Å². The minimum Gasteiger partial charge on any atom is -0.367 e. The highest BCUT2D eigenvalue weighted by Gasteiger charge is 2.40. The van der Waals surface area contributed by atoms with E-state index in [-0.39, 0.29) is 11.4 Å². The zero-order chi connectivity index (χ0) is 18.9. The first-order valence-corrected chi connectivity index (χ1v) is 10.3. The molecule has 1 atom stereocenters. The zero-order valence-electron chi connectivity index (χ0n) is 16.5. The molecule has 1 aromatic carbocycles. The lowest BCUT2D eigenvalue weighted by molar-refractivity contribution is -0.149. The normalized spacial score (nSPS) is 27.0. The summed E-state index contributed by atoms with van der Waals surface area (Å²) in [6.07, 6.45) is 9.43. The van der Waals surface area contributed by atoms with E-state index in [1.807, 2.05) is 17.9 Å². The minimum atomic E-state index is 0.00839. The molecule has 1 aliphatic heterocycles.